The van der Waals surface area contributed by atoms with E-state index in [0.29, 0.717) is 0 Å². The Morgan fingerprint density at radius 2 is 1.50 bits per heavy atom. The SMILES string of the molecule is Cc1ccc(S(=O)(=O)Oc2ccc(F)cc2)cc1. The van der Waals surface area contributed by atoms with Crippen molar-refractivity contribution in [2.45, 2.75) is 11.8 Å². The van der Waals surface area contributed by atoms with Crippen LogP contribution in [0.25, 0.3) is 0 Å². The zero-order valence-corrected chi connectivity index (χ0v) is 10.4. The van der Waals surface area contributed by atoms with Crippen LogP contribution in [0, 0.1) is 12.7 Å². The molecule has 0 spiro atoms. The quantitative estimate of drug-likeness (QED) is 0.802. The Labute approximate surface area is 105 Å². The lowest BCUT2D eigenvalue weighted by Gasteiger charge is -2.06. The van der Waals surface area contributed by atoms with Crippen LogP contribution in [0.2, 0.25) is 0 Å². The van der Waals surface area contributed by atoms with E-state index in [-0.39, 0.29) is 10.6 Å². The molecule has 0 amide bonds. The highest BCUT2D eigenvalue weighted by molar-refractivity contribution is 7.87. The Kier molecular flexibility index (Phi) is 3.34. The van der Waals surface area contributed by atoms with Crippen LogP contribution in [-0.2, 0) is 10.1 Å². The normalized spacial score (nSPS) is 11.2. The molecule has 0 fully saturated rings. The molecule has 0 saturated carbocycles. The first-order valence-electron chi connectivity index (χ1n) is 5.24. The van der Waals surface area contributed by atoms with Crippen molar-refractivity contribution < 1.29 is 17.0 Å². The molecule has 0 aliphatic rings. The molecular formula is C13H11FO3S. The third kappa shape index (κ3) is 2.87. The Morgan fingerprint density at radius 1 is 0.944 bits per heavy atom. The van der Waals surface area contributed by atoms with Gasteiger partial charge in [0.05, 0.1) is 0 Å². The van der Waals surface area contributed by atoms with Crippen molar-refractivity contribution in [3.05, 3.63) is 59.9 Å². The van der Waals surface area contributed by atoms with Gasteiger partial charge in [0.25, 0.3) is 0 Å². The van der Waals surface area contributed by atoms with Crippen LogP contribution in [0.3, 0.4) is 0 Å². The van der Waals surface area contributed by atoms with Crippen LogP contribution < -0.4 is 4.18 Å². The average Bonchev–Trinajstić information content (AvgIpc) is 2.32. The Bertz CT molecular complexity index is 631. The lowest BCUT2D eigenvalue weighted by atomic mass is 10.2. The summed E-state index contributed by atoms with van der Waals surface area (Å²) in [6.07, 6.45) is 0. The summed E-state index contributed by atoms with van der Waals surface area (Å²) in [5.74, 6) is -0.368. The van der Waals surface area contributed by atoms with Gasteiger partial charge in [-0.15, -0.1) is 0 Å². The van der Waals surface area contributed by atoms with Gasteiger partial charge in [-0.05, 0) is 43.3 Å². The third-order valence-electron chi connectivity index (χ3n) is 2.33. The van der Waals surface area contributed by atoms with Crippen molar-refractivity contribution in [2.24, 2.45) is 0 Å². The van der Waals surface area contributed by atoms with Crippen molar-refractivity contribution in [1.82, 2.24) is 0 Å². The Balaban J connectivity index is 2.27. The van der Waals surface area contributed by atoms with Crippen LogP contribution in [0.5, 0.6) is 5.75 Å². The van der Waals surface area contributed by atoms with E-state index in [4.69, 9.17) is 4.18 Å². The molecule has 0 aliphatic heterocycles. The topological polar surface area (TPSA) is 43.4 Å². The minimum atomic E-state index is -3.87. The number of aryl methyl sites for hydroxylation is 1. The maximum Gasteiger partial charge on any atom is 0.339 e. The van der Waals surface area contributed by atoms with E-state index in [1.807, 2.05) is 6.92 Å². The summed E-state index contributed by atoms with van der Waals surface area (Å²) in [4.78, 5) is 0.0671. The number of halogens is 1. The lowest BCUT2D eigenvalue weighted by molar-refractivity contribution is 0.485. The lowest BCUT2D eigenvalue weighted by Crippen LogP contribution is -2.09. The summed E-state index contributed by atoms with van der Waals surface area (Å²) in [5, 5.41) is 0. The number of rotatable bonds is 3. The van der Waals surface area contributed by atoms with Crippen LogP contribution >= 0.6 is 0 Å². The summed E-state index contributed by atoms with van der Waals surface area (Å²) < 4.78 is 41.3. The summed E-state index contributed by atoms with van der Waals surface area (Å²) in [5.41, 5.74) is 0.954. The molecule has 0 saturated heterocycles. The molecule has 0 N–H and O–H groups in total. The largest absolute Gasteiger partial charge is 0.379 e. The van der Waals surface area contributed by atoms with Crippen molar-refractivity contribution in [3.63, 3.8) is 0 Å². The van der Waals surface area contributed by atoms with Crippen molar-refractivity contribution >= 4 is 10.1 Å². The summed E-state index contributed by atoms with van der Waals surface area (Å²) >= 11 is 0. The second-order valence-corrected chi connectivity index (χ2v) is 5.35. The molecule has 18 heavy (non-hydrogen) atoms. The van der Waals surface area contributed by atoms with Crippen LogP contribution in [0.4, 0.5) is 4.39 Å². The zero-order chi connectivity index (χ0) is 13.2. The molecule has 2 aromatic rings. The van der Waals surface area contributed by atoms with E-state index >= 15 is 0 Å². The predicted molar refractivity (Wildman–Crippen MR) is 65.4 cm³/mol. The van der Waals surface area contributed by atoms with Gasteiger partial charge < -0.3 is 4.18 Å². The molecule has 0 heterocycles. The van der Waals surface area contributed by atoms with Gasteiger partial charge in [0.15, 0.2) is 0 Å². The second kappa shape index (κ2) is 4.78. The number of hydrogen-bond donors (Lipinski definition) is 0. The molecule has 2 aromatic carbocycles. The van der Waals surface area contributed by atoms with Crippen LogP contribution in [0.15, 0.2) is 53.4 Å². The van der Waals surface area contributed by atoms with Gasteiger partial charge in [-0.1, -0.05) is 17.7 Å². The first kappa shape index (κ1) is 12.6. The molecule has 0 radical (unpaired) electrons. The van der Waals surface area contributed by atoms with Gasteiger partial charge in [0, 0.05) is 0 Å². The van der Waals surface area contributed by atoms with Crippen molar-refractivity contribution in [3.8, 4) is 5.75 Å². The molecule has 3 nitrogen and oxygen atoms in total. The van der Waals surface area contributed by atoms with E-state index in [1.165, 1.54) is 24.3 Å². The fraction of sp³-hybridized carbons (Fsp3) is 0.0769. The van der Waals surface area contributed by atoms with E-state index in [9.17, 15) is 12.8 Å². The van der Waals surface area contributed by atoms with Gasteiger partial charge in [-0.25, -0.2) is 4.39 Å². The Morgan fingerprint density at radius 3 is 2.06 bits per heavy atom. The van der Waals surface area contributed by atoms with Gasteiger partial charge in [0.2, 0.25) is 0 Å². The smallest absolute Gasteiger partial charge is 0.339 e. The highest BCUT2D eigenvalue weighted by atomic mass is 32.2. The summed E-state index contributed by atoms with van der Waals surface area (Å²) in [7, 11) is -3.87. The highest BCUT2D eigenvalue weighted by Crippen LogP contribution is 2.19. The Hall–Kier alpha value is -1.88. The van der Waals surface area contributed by atoms with Crippen molar-refractivity contribution in [1.29, 1.82) is 0 Å². The predicted octanol–water partition coefficient (Wildman–Crippen LogP) is 2.90. The van der Waals surface area contributed by atoms with Crippen LogP contribution in [-0.4, -0.2) is 8.42 Å². The third-order valence-corrected chi connectivity index (χ3v) is 3.59. The second-order valence-electron chi connectivity index (χ2n) is 3.80. The molecule has 0 bridgehead atoms. The maximum absolute atomic E-state index is 12.7. The minimum Gasteiger partial charge on any atom is -0.379 e. The maximum atomic E-state index is 12.7. The van der Waals surface area contributed by atoms with E-state index < -0.39 is 15.9 Å². The molecule has 5 heteroatoms. The summed E-state index contributed by atoms with van der Waals surface area (Å²) in [6, 6.07) is 11.1. The van der Waals surface area contributed by atoms with E-state index in [0.717, 1.165) is 17.7 Å². The molecule has 0 unspecified atom stereocenters. The molecule has 0 atom stereocenters. The standard InChI is InChI=1S/C13H11FO3S/c1-10-2-8-13(9-3-10)18(15,16)17-12-6-4-11(14)5-7-12/h2-9H,1H3. The minimum absolute atomic E-state index is 0.0671. The van der Waals surface area contributed by atoms with Gasteiger partial charge in [0.1, 0.15) is 16.5 Å². The van der Waals surface area contributed by atoms with Crippen molar-refractivity contribution in [2.75, 3.05) is 0 Å². The molecule has 2 rings (SSSR count). The van der Waals surface area contributed by atoms with E-state index in [2.05, 4.69) is 0 Å². The van der Waals surface area contributed by atoms with Gasteiger partial charge >= 0.3 is 10.1 Å². The zero-order valence-electron chi connectivity index (χ0n) is 9.63. The monoisotopic (exact) mass is 266 g/mol. The molecule has 0 aliphatic carbocycles. The molecule has 0 aromatic heterocycles. The molecule has 94 valence electrons. The van der Waals surface area contributed by atoms with E-state index in [1.54, 1.807) is 12.1 Å². The first-order valence-corrected chi connectivity index (χ1v) is 6.65. The first-order chi connectivity index (χ1) is 8.47. The number of benzene rings is 2. The highest BCUT2D eigenvalue weighted by Gasteiger charge is 2.16. The number of hydrogen-bond acceptors (Lipinski definition) is 3. The fourth-order valence-electron chi connectivity index (χ4n) is 1.37. The van der Waals surface area contributed by atoms with Gasteiger partial charge in [-0.3, -0.25) is 0 Å². The molecular weight excluding hydrogens is 255 g/mol. The van der Waals surface area contributed by atoms with Gasteiger partial charge in [-0.2, -0.15) is 8.42 Å². The average molecular weight is 266 g/mol. The van der Waals surface area contributed by atoms with Crippen LogP contribution in [0.1, 0.15) is 5.56 Å². The fourth-order valence-corrected chi connectivity index (χ4v) is 2.30. The summed E-state index contributed by atoms with van der Waals surface area (Å²) in [6.45, 7) is 1.86.